The van der Waals surface area contributed by atoms with Crippen molar-refractivity contribution in [2.24, 2.45) is 5.92 Å². The lowest BCUT2D eigenvalue weighted by Gasteiger charge is -2.32. The lowest BCUT2D eigenvalue weighted by molar-refractivity contribution is 0.246. The van der Waals surface area contributed by atoms with E-state index in [-0.39, 0.29) is 5.92 Å². The van der Waals surface area contributed by atoms with Gasteiger partial charge in [-0.1, -0.05) is 22.9 Å². The Bertz CT molecular complexity index is 924. The van der Waals surface area contributed by atoms with Crippen molar-refractivity contribution in [3.8, 4) is 0 Å². The molecule has 27 heavy (non-hydrogen) atoms. The second-order valence-corrected chi connectivity index (χ2v) is 10.00. The normalized spacial score (nSPS) is 21.5. The van der Waals surface area contributed by atoms with E-state index in [1.165, 1.54) is 0 Å². The maximum Gasteiger partial charge on any atom is 0.243 e. The van der Waals surface area contributed by atoms with Crippen LogP contribution in [0.4, 0.5) is 0 Å². The van der Waals surface area contributed by atoms with Gasteiger partial charge in [-0.05, 0) is 63.5 Å². The minimum Gasteiger partial charge on any atom is -0.339 e. The molecule has 7 heteroatoms. The molecule has 0 spiro atoms. The van der Waals surface area contributed by atoms with Crippen LogP contribution >= 0.6 is 0 Å². The molecule has 0 radical (unpaired) electrons. The third-order valence-electron chi connectivity index (χ3n) is 5.57. The smallest absolute Gasteiger partial charge is 0.243 e. The van der Waals surface area contributed by atoms with Crippen molar-refractivity contribution in [3.05, 3.63) is 40.5 Å². The van der Waals surface area contributed by atoms with Crippen LogP contribution in [0.25, 0.3) is 0 Å². The number of aromatic nitrogens is 2. The summed E-state index contributed by atoms with van der Waals surface area (Å²) in [5, 5.41) is 4.07. The molecule has 1 aliphatic carbocycles. The molecular weight excluding hydrogens is 362 g/mol. The lowest BCUT2D eigenvalue weighted by Crippen LogP contribution is -2.41. The van der Waals surface area contributed by atoms with Gasteiger partial charge in [-0.2, -0.15) is 9.29 Å². The van der Waals surface area contributed by atoms with E-state index in [1.54, 1.807) is 4.31 Å². The highest BCUT2D eigenvalue weighted by atomic mass is 32.2. The number of aryl methyl sites for hydroxylation is 3. The third-order valence-corrected chi connectivity index (χ3v) is 7.75. The Morgan fingerprint density at radius 1 is 1.15 bits per heavy atom. The van der Waals surface area contributed by atoms with E-state index in [2.05, 4.69) is 10.1 Å². The van der Waals surface area contributed by atoms with Crippen molar-refractivity contribution in [2.75, 3.05) is 13.1 Å². The largest absolute Gasteiger partial charge is 0.339 e. The zero-order valence-electron chi connectivity index (χ0n) is 16.2. The molecule has 1 aromatic carbocycles. The third kappa shape index (κ3) is 3.80. The number of rotatable bonds is 5. The lowest BCUT2D eigenvalue weighted by atomic mass is 9.96. The van der Waals surface area contributed by atoms with Crippen molar-refractivity contribution >= 4 is 10.0 Å². The van der Waals surface area contributed by atoms with Gasteiger partial charge in [0.25, 0.3) is 0 Å². The molecule has 6 nitrogen and oxygen atoms in total. The van der Waals surface area contributed by atoms with E-state index in [4.69, 9.17) is 4.52 Å². The summed E-state index contributed by atoms with van der Waals surface area (Å²) in [5.74, 6) is 2.14. The summed E-state index contributed by atoms with van der Waals surface area (Å²) in [4.78, 5) is 4.96. The molecule has 2 heterocycles. The van der Waals surface area contributed by atoms with Crippen LogP contribution in [0.15, 0.2) is 21.6 Å². The number of piperidine rings is 1. The highest BCUT2D eigenvalue weighted by Gasteiger charge is 2.34. The molecule has 0 amide bonds. The zero-order chi connectivity index (χ0) is 19.2. The number of hydrogen-bond donors (Lipinski definition) is 0. The Hall–Kier alpha value is -1.73. The van der Waals surface area contributed by atoms with Crippen LogP contribution in [0, 0.1) is 26.7 Å². The van der Waals surface area contributed by atoms with Gasteiger partial charge in [0.05, 0.1) is 4.90 Å². The van der Waals surface area contributed by atoms with E-state index >= 15 is 0 Å². The summed E-state index contributed by atoms with van der Waals surface area (Å²) in [7, 11) is -3.50. The Kier molecular flexibility index (Phi) is 4.84. The minimum atomic E-state index is -3.50. The van der Waals surface area contributed by atoms with Gasteiger partial charge >= 0.3 is 0 Å². The molecule has 1 unspecified atom stereocenters. The molecule has 1 aliphatic heterocycles. The molecule has 1 saturated carbocycles. The molecule has 1 aromatic heterocycles. The molecule has 1 atom stereocenters. The first-order chi connectivity index (χ1) is 12.8. The van der Waals surface area contributed by atoms with Gasteiger partial charge in [0.1, 0.15) is 0 Å². The number of benzene rings is 1. The Labute approximate surface area is 161 Å². The fraction of sp³-hybridized carbons (Fsp3) is 0.600. The Morgan fingerprint density at radius 3 is 2.52 bits per heavy atom. The van der Waals surface area contributed by atoms with Crippen LogP contribution in [-0.2, 0) is 16.4 Å². The van der Waals surface area contributed by atoms with E-state index in [1.807, 2.05) is 32.9 Å². The number of nitrogens with zero attached hydrogens (tertiary/aromatic N) is 3. The maximum atomic E-state index is 13.3. The van der Waals surface area contributed by atoms with E-state index < -0.39 is 10.0 Å². The van der Waals surface area contributed by atoms with Gasteiger partial charge < -0.3 is 4.52 Å². The van der Waals surface area contributed by atoms with E-state index in [0.717, 1.165) is 48.2 Å². The van der Waals surface area contributed by atoms with Gasteiger partial charge in [0, 0.05) is 25.4 Å². The van der Waals surface area contributed by atoms with Gasteiger partial charge in [-0.3, -0.25) is 0 Å². The summed E-state index contributed by atoms with van der Waals surface area (Å²) in [6.45, 7) is 6.84. The predicted molar refractivity (Wildman–Crippen MR) is 102 cm³/mol. The van der Waals surface area contributed by atoms with E-state index in [9.17, 15) is 8.42 Å². The fourth-order valence-electron chi connectivity index (χ4n) is 4.22. The average Bonchev–Trinajstić information content (AvgIpc) is 3.34. The SMILES string of the molecule is Cc1cc(C)c(S(=O)(=O)N2CCCC(Cc3nc(C4CC4)no3)C2)c(C)c1. The van der Waals surface area contributed by atoms with E-state index in [0.29, 0.717) is 36.2 Å². The average molecular weight is 390 g/mol. The molecular formula is C20H27N3O3S. The topological polar surface area (TPSA) is 76.3 Å². The first-order valence-corrected chi connectivity index (χ1v) is 11.2. The fourth-order valence-corrected chi connectivity index (χ4v) is 6.19. The maximum absolute atomic E-state index is 13.3. The summed E-state index contributed by atoms with van der Waals surface area (Å²) < 4.78 is 33.7. The van der Waals surface area contributed by atoms with Crippen LogP contribution in [-0.4, -0.2) is 36.0 Å². The monoisotopic (exact) mass is 389 g/mol. The van der Waals surface area contributed by atoms with Crippen molar-refractivity contribution in [1.82, 2.24) is 14.4 Å². The Balaban J connectivity index is 1.51. The van der Waals surface area contributed by atoms with Crippen LogP contribution in [0.2, 0.25) is 0 Å². The first-order valence-electron chi connectivity index (χ1n) is 9.75. The highest BCUT2D eigenvalue weighted by Crippen LogP contribution is 2.38. The van der Waals surface area contributed by atoms with Crippen LogP contribution < -0.4 is 0 Å². The first kappa shape index (κ1) is 18.6. The zero-order valence-corrected chi connectivity index (χ0v) is 17.1. The Morgan fingerprint density at radius 2 is 1.85 bits per heavy atom. The van der Waals surface area contributed by atoms with Crippen molar-refractivity contribution in [3.63, 3.8) is 0 Å². The molecule has 146 valence electrons. The summed E-state index contributed by atoms with van der Waals surface area (Å²) >= 11 is 0. The summed E-state index contributed by atoms with van der Waals surface area (Å²) in [6.07, 6.45) is 4.78. The molecule has 2 fully saturated rings. The minimum absolute atomic E-state index is 0.215. The predicted octanol–water partition coefficient (Wildman–Crippen LogP) is 3.52. The number of sulfonamides is 1. The highest BCUT2D eigenvalue weighted by molar-refractivity contribution is 7.89. The molecule has 2 aromatic rings. The molecule has 1 saturated heterocycles. The van der Waals surface area contributed by atoms with Gasteiger partial charge in [0.15, 0.2) is 5.82 Å². The molecule has 0 bridgehead atoms. The van der Waals surface area contributed by atoms with Gasteiger partial charge in [-0.15, -0.1) is 0 Å². The van der Waals surface area contributed by atoms with Crippen LogP contribution in [0.5, 0.6) is 0 Å². The second-order valence-electron chi connectivity index (χ2n) is 8.12. The van der Waals surface area contributed by atoms with Crippen molar-refractivity contribution < 1.29 is 12.9 Å². The molecule has 0 N–H and O–H groups in total. The second kappa shape index (κ2) is 7.02. The van der Waals surface area contributed by atoms with Crippen molar-refractivity contribution in [2.45, 2.75) is 63.7 Å². The van der Waals surface area contributed by atoms with Gasteiger partial charge in [0.2, 0.25) is 15.9 Å². The van der Waals surface area contributed by atoms with Gasteiger partial charge in [-0.25, -0.2) is 8.42 Å². The summed E-state index contributed by atoms with van der Waals surface area (Å²) in [5.41, 5.74) is 2.73. The number of hydrogen-bond acceptors (Lipinski definition) is 5. The standard InChI is InChI=1S/C20H27N3O3S/c1-13-9-14(2)19(15(3)10-13)27(24,25)23-8-4-5-16(12-23)11-18-21-20(22-26-18)17-6-7-17/h9-10,16-17H,4-8,11-12H2,1-3H3. The quantitative estimate of drug-likeness (QED) is 0.782. The molecule has 4 rings (SSSR count). The summed E-state index contributed by atoms with van der Waals surface area (Å²) in [6, 6.07) is 3.89. The molecule has 2 aliphatic rings. The van der Waals surface area contributed by atoms with Crippen LogP contribution in [0.3, 0.4) is 0 Å². The van der Waals surface area contributed by atoms with Crippen LogP contribution in [0.1, 0.15) is 60.0 Å². The van der Waals surface area contributed by atoms with Crippen molar-refractivity contribution in [1.29, 1.82) is 0 Å².